The van der Waals surface area contributed by atoms with Crippen LogP contribution in [0.3, 0.4) is 0 Å². The molecule has 2 heterocycles. The van der Waals surface area contributed by atoms with E-state index < -0.39 is 0 Å². The molecule has 0 saturated carbocycles. The lowest BCUT2D eigenvalue weighted by atomic mass is 10.2. The maximum absolute atomic E-state index is 2.64. The van der Waals surface area contributed by atoms with Crippen molar-refractivity contribution in [2.24, 2.45) is 0 Å². The Labute approximate surface area is 87.6 Å². The van der Waals surface area contributed by atoms with E-state index in [1.807, 2.05) is 0 Å². The number of rotatable bonds is 2. The number of hydrogen-bond acceptors (Lipinski definition) is 1. The molecule has 2 aliphatic heterocycles. The van der Waals surface area contributed by atoms with Crippen LogP contribution < -0.4 is 0 Å². The molecule has 0 aromatic rings. The molecule has 2 heteroatoms. The number of amidine groups is 1. The first-order valence-corrected chi connectivity index (χ1v) is 6.27. The molecule has 0 spiro atoms. The molecule has 0 saturated heterocycles. The number of hydrogen-bond donors (Lipinski definition) is 0. The van der Waals surface area contributed by atoms with Crippen LogP contribution in [0.15, 0.2) is 0 Å². The molecule has 2 aliphatic rings. The summed E-state index contributed by atoms with van der Waals surface area (Å²) in [5.74, 6) is 1.66. The van der Waals surface area contributed by atoms with Crippen LogP contribution in [0.25, 0.3) is 0 Å². The predicted molar refractivity (Wildman–Crippen MR) is 60.0 cm³/mol. The summed E-state index contributed by atoms with van der Waals surface area (Å²) >= 11 is 0. The molecule has 0 N–H and O–H groups in total. The molecule has 0 aromatic heterocycles. The topological polar surface area (TPSA) is 6.25 Å². The molecular formula is C12H23N2+. The fourth-order valence-electron chi connectivity index (χ4n) is 2.74. The minimum Gasteiger partial charge on any atom is -0.266 e. The van der Waals surface area contributed by atoms with E-state index in [1.165, 1.54) is 64.7 Å². The fraction of sp³-hybridized carbons (Fsp3) is 0.917. The van der Waals surface area contributed by atoms with Crippen LogP contribution in [0.4, 0.5) is 0 Å². The van der Waals surface area contributed by atoms with E-state index in [2.05, 4.69) is 16.4 Å². The Bertz CT molecular complexity index is 220. The molecule has 80 valence electrons. The maximum atomic E-state index is 2.64. The molecule has 2 nitrogen and oxygen atoms in total. The SMILES string of the molecule is CCCN1CCC[N+]2=C1CCCCC2. The largest absolute Gasteiger partial charge is 0.266 e. The Morgan fingerprint density at radius 2 is 2.00 bits per heavy atom. The Balaban J connectivity index is 2.11. The highest BCUT2D eigenvalue weighted by Gasteiger charge is 2.27. The lowest BCUT2D eigenvalue weighted by molar-refractivity contribution is -0.539. The van der Waals surface area contributed by atoms with Crippen molar-refractivity contribution in [3.05, 3.63) is 0 Å². The molecule has 0 aromatic carbocycles. The van der Waals surface area contributed by atoms with E-state index in [-0.39, 0.29) is 0 Å². The van der Waals surface area contributed by atoms with Gasteiger partial charge in [-0.15, -0.1) is 0 Å². The van der Waals surface area contributed by atoms with Gasteiger partial charge in [0, 0.05) is 12.8 Å². The third-order valence-corrected chi connectivity index (χ3v) is 3.41. The average Bonchev–Trinajstić information content (AvgIpc) is 2.44. The van der Waals surface area contributed by atoms with Crippen LogP contribution in [0.5, 0.6) is 0 Å². The third kappa shape index (κ3) is 2.10. The van der Waals surface area contributed by atoms with Gasteiger partial charge in [0.25, 0.3) is 0 Å². The quantitative estimate of drug-likeness (QED) is 0.612. The summed E-state index contributed by atoms with van der Waals surface area (Å²) in [7, 11) is 0. The normalized spacial score (nSPS) is 23.4. The van der Waals surface area contributed by atoms with Crippen molar-refractivity contribution >= 4 is 5.84 Å². The van der Waals surface area contributed by atoms with Crippen molar-refractivity contribution in [3.63, 3.8) is 0 Å². The second-order valence-corrected chi connectivity index (χ2v) is 4.55. The summed E-state index contributed by atoms with van der Waals surface area (Å²) in [6, 6.07) is 0. The Morgan fingerprint density at radius 1 is 1.14 bits per heavy atom. The van der Waals surface area contributed by atoms with Gasteiger partial charge in [0.1, 0.15) is 0 Å². The summed E-state index contributed by atoms with van der Waals surface area (Å²) in [5, 5.41) is 0. The van der Waals surface area contributed by atoms with Crippen LogP contribution in [-0.2, 0) is 0 Å². The van der Waals surface area contributed by atoms with E-state index in [4.69, 9.17) is 0 Å². The summed E-state index contributed by atoms with van der Waals surface area (Å²) in [5.41, 5.74) is 0. The molecule has 14 heavy (non-hydrogen) atoms. The van der Waals surface area contributed by atoms with Gasteiger partial charge in [-0.2, -0.15) is 0 Å². The molecule has 0 fully saturated rings. The molecule has 0 bridgehead atoms. The first-order chi connectivity index (χ1) is 6.92. The van der Waals surface area contributed by atoms with Crippen molar-refractivity contribution in [3.8, 4) is 0 Å². The maximum Gasteiger partial charge on any atom is 0.246 e. The van der Waals surface area contributed by atoms with Gasteiger partial charge in [-0.3, -0.25) is 9.48 Å². The average molecular weight is 195 g/mol. The third-order valence-electron chi connectivity index (χ3n) is 3.41. The fourth-order valence-corrected chi connectivity index (χ4v) is 2.74. The summed E-state index contributed by atoms with van der Waals surface area (Å²) in [4.78, 5) is 2.63. The van der Waals surface area contributed by atoms with Crippen LogP contribution in [-0.4, -0.2) is 41.5 Å². The van der Waals surface area contributed by atoms with E-state index >= 15 is 0 Å². The lowest BCUT2D eigenvalue weighted by Crippen LogP contribution is -2.44. The van der Waals surface area contributed by atoms with Gasteiger partial charge in [-0.05, 0) is 25.7 Å². The van der Waals surface area contributed by atoms with Crippen molar-refractivity contribution in [1.82, 2.24) is 4.90 Å². The van der Waals surface area contributed by atoms with Gasteiger partial charge in [0.15, 0.2) is 0 Å². The zero-order valence-electron chi connectivity index (χ0n) is 9.47. The summed E-state index contributed by atoms with van der Waals surface area (Å²) < 4.78 is 2.64. The molecule has 0 amide bonds. The predicted octanol–water partition coefficient (Wildman–Crippen LogP) is 2.09. The van der Waals surface area contributed by atoms with Crippen molar-refractivity contribution in [2.45, 2.75) is 45.4 Å². The van der Waals surface area contributed by atoms with Gasteiger partial charge < -0.3 is 0 Å². The first kappa shape index (κ1) is 10.0. The van der Waals surface area contributed by atoms with Crippen LogP contribution in [0.2, 0.25) is 0 Å². The zero-order valence-corrected chi connectivity index (χ0v) is 9.47. The molecule has 0 aliphatic carbocycles. The Kier molecular flexibility index (Phi) is 3.44. The van der Waals surface area contributed by atoms with Gasteiger partial charge in [-0.25, -0.2) is 0 Å². The molecule has 2 rings (SSSR count). The Morgan fingerprint density at radius 3 is 2.86 bits per heavy atom. The van der Waals surface area contributed by atoms with Gasteiger partial charge in [-0.1, -0.05) is 6.92 Å². The summed E-state index contributed by atoms with van der Waals surface area (Å²) in [6.07, 6.45) is 8.23. The van der Waals surface area contributed by atoms with Gasteiger partial charge in [0.2, 0.25) is 5.84 Å². The standard InChI is InChI=1S/C12H23N2/c1-2-8-13-10-6-11-14-9-5-3-4-7-12(13)14/h2-11H2,1H3/q+1. The van der Waals surface area contributed by atoms with E-state index in [9.17, 15) is 0 Å². The van der Waals surface area contributed by atoms with Gasteiger partial charge in [0.05, 0.1) is 26.2 Å². The van der Waals surface area contributed by atoms with Crippen LogP contribution >= 0.6 is 0 Å². The van der Waals surface area contributed by atoms with Crippen LogP contribution in [0, 0.1) is 0 Å². The lowest BCUT2D eigenvalue weighted by Gasteiger charge is -2.25. The highest BCUT2D eigenvalue weighted by atomic mass is 15.3. The van der Waals surface area contributed by atoms with Crippen molar-refractivity contribution < 1.29 is 4.58 Å². The molecule has 0 radical (unpaired) electrons. The number of nitrogens with zero attached hydrogens (tertiary/aromatic N) is 2. The van der Waals surface area contributed by atoms with Crippen molar-refractivity contribution in [1.29, 1.82) is 0 Å². The second-order valence-electron chi connectivity index (χ2n) is 4.55. The smallest absolute Gasteiger partial charge is 0.246 e. The molecule has 0 unspecified atom stereocenters. The van der Waals surface area contributed by atoms with Crippen LogP contribution in [0.1, 0.15) is 45.4 Å². The summed E-state index contributed by atoms with van der Waals surface area (Å²) in [6.45, 7) is 7.49. The van der Waals surface area contributed by atoms with Crippen molar-refractivity contribution in [2.75, 3.05) is 26.2 Å². The van der Waals surface area contributed by atoms with E-state index in [0.717, 1.165) is 0 Å². The first-order valence-electron chi connectivity index (χ1n) is 6.27. The minimum atomic E-state index is 1.27. The minimum absolute atomic E-state index is 1.27. The van der Waals surface area contributed by atoms with E-state index in [1.54, 1.807) is 5.84 Å². The molecule has 0 atom stereocenters. The zero-order chi connectivity index (χ0) is 9.80. The molecular weight excluding hydrogens is 172 g/mol. The highest BCUT2D eigenvalue weighted by Crippen LogP contribution is 2.14. The Hall–Kier alpha value is -0.530. The highest BCUT2D eigenvalue weighted by molar-refractivity contribution is 5.77. The van der Waals surface area contributed by atoms with E-state index in [0.29, 0.717) is 0 Å². The second kappa shape index (κ2) is 4.81. The monoisotopic (exact) mass is 195 g/mol. The van der Waals surface area contributed by atoms with Gasteiger partial charge >= 0.3 is 0 Å².